The number of hydrogen-bond acceptors (Lipinski definition) is 4. The fourth-order valence-electron chi connectivity index (χ4n) is 3.93. The lowest BCUT2D eigenvalue weighted by molar-refractivity contribution is -0.130. The van der Waals surface area contributed by atoms with Crippen LogP contribution in [0.2, 0.25) is 0 Å². The molecule has 0 N–H and O–H groups in total. The molecular formula is C22H24N4O3. The molecule has 0 bridgehead atoms. The summed E-state index contributed by atoms with van der Waals surface area (Å²) in [6, 6.07) is 9.79. The van der Waals surface area contributed by atoms with Crippen LogP contribution in [0.15, 0.2) is 42.7 Å². The first-order chi connectivity index (χ1) is 14.0. The third-order valence-electron chi connectivity index (χ3n) is 5.66. The van der Waals surface area contributed by atoms with Gasteiger partial charge in [-0.2, -0.15) is 0 Å². The molecule has 2 aromatic rings. The lowest BCUT2D eigenvalue weighted by Gasteiger charge is -2.34. The summed E-state index contributed by atoms with van der Waals surface area (Å²) in [6.07, 6.45) is 3.85. The molecule has 1 fully saturated rings. The summed E-state index contributed by atoms with van der Waals surface area (Å²) in [7, 11) is 0. The summed E-state index contributed by atoms with van der Waals surface area (Å²) in [5.74, 6) is -0.239. The summed E-state index contributed by atoms with van der Waals surface area (Å²) in [5, 5.41) is 0. The van der Waals surface area contributed by atoms with Gasteiger partial charge in [0.25, 0.3) is 11.8 Å². The van der Waals surface area contributed by atoms with Crippen molar-refractivity contribution in [1.82, 2.24) is 19.7 Å². The van der Waals surface area contributed by atoms with Gasteiger partial charge in [-0.3, -0.25) is 19.4 Å². The van der Waals surface area contributed by atoms with Crippen molar-refractivity contribution >= 4 is 17.7 Å². The molecule has 0 aliphatic carbocycles. The van der Waals surface area contributed by atoms with Crippen molar-refractivity contribution < 1.29 is 14.4 Å². The number of nitrogens with zero attached hydrogens (tertiary/aromatic N) is 4. The number of benzene rings is 1. The number of carbonyl (C=O) groups is 3. The molecule has 0 unspecified atom stereocenters. The van der Waals surface area contributed by atoms with E-state index < -0.39 is 0 Å². The molecule has 3 heterocycles. The highest BCUT2D eigenvalue weighted by Gasteiger charge is 2.26. The van der Waals surface area contributed by atoms with E-state index in [0.717, 1.165) is 12.0 Å². The molecule has 0 atom stereocenters. The quantitative estimate of drug-likeness (QED) is 0.778. The Bertz CT molecular complexity index is 951. The summed E-state index contributed by atoms with van der Waals surface area (Å²) < 4.78 is 0. The van der Waals surface area contributed by atoms with Crippen molar-refractivity contribution in [3.8, 4) is 0 Å². The first-order valence-electron chi connectivity index (χ1n) is 9.89. The first-order valence-corrected chi connectivity index (χ1v) is 9.89. The van der Waals surface area contributed by atoms with E-state index in [1.54, 1.807) is 20.8 Å². The largest absolute Gasteiger partial charge is 0.339 e. The molecule has 4 rings (SSSR count). The van der Waals surface area contributed by atoms with Gasteiger partial charge < -0.3 is 14.7 Å². The minimum Gasteiger partial charge on any atom is -0.339 e. The van der Waals surface area contributed by atoms with Crippen molar-refractivity contribution in [2.45, 2.75) is 19.9 Å². The van der Waals surface area contributed by atoms with Crippen LogP contribution < -0.4 is 0 Å². The lowest BCUT2D eigenvalue weighted by Crippen LogP contribution is -2.50. The normalized spacial score (nSPS) is 16.4. The van der Waals surface area contributed by atoms with E-state index in [2.05, 4.69) is 11.1 Å². The van der Waals surface area contributed by atoms with Crippen LogP contribution in [0, 0.1) is 0 Å². The van der Waals surface area contributed by atoms with Gasteiger partial charge in [0, 0.05) is 58.6 Å². The maximum atomic E-state index is 13.0. The molecule has 0 radical (unpaired) electrons. The Hall–Kier alpha value is -3.22. The van der Waals surface area contributed by atoms with E-state index in [1.165, 1.54) is 24.9 Å². The van der Waals surface area contributed by atoms with Gasteiger partial charge in [-0.25, -0.2) is 0 Å². The highest BCUT2D eigenvalue weighted by Crippen LogP contribution is 2.20. The SMILES string of the molecule is CC(=O)N1CCN(C(=O)c2cncc(C(=O)N3CCc4ccccc4C3)c2)CC1. The standard InChI is InChI=1S/C22H24N4O3/c1-16(27)24-8-10-25(11-9-24)21(28)19-12-20(14-23-13-19)22(29)26-7-6-17-4-2-3-5-18(17)15-26/h2-5,12-14H,6-11,15H2,1H3. The van der Waals surface area contributed by atoms with E-state index in [-0.39, 0.29) is 17.7 Å². The number of hydrogen-bond donors (Lipinski definition) is 0. The Morgan fingerprint density at radius 2 is 1.38 bits per heavy atom. The zero-order valence-corrected chi connectivity index (χ0v) is 16.5. The molecule has 150 valence electrons. The summed E-state index contributed by atoms with van der Waals surface area (Å²) >= 11 is 0. The van der Waals surface area contributed by atoms with Crippen LogP contribution in [0.4, 0.5) is 0 Å². The molecule has 1 aromatic carbocycles. The summed E-state index contributed by atoms with van der Waals surface area (Å²) in [5.41, 5.74) is 3.28. The van der Waals surface area contributed by atoms with E-state index in [4.69, 9.17) is 0 Å². The Morgan fingerprint density at radius 3 is 2.03 bits per heavy atom. The van der Waals surface area contributed by atoms with Gasteiger partial charge in [-0.1, -0.05) is 24.3 Å². The third-order valence-corrected chi connectivity index (χ3v) is 5.66. The number of carbonyl (C=O) groups excluding carboxylic acids is 3. The molecular weight excluding hydrogens is 368 g/mol. The minimum absolute atomic E-state index is 0.0227. The summed E-state index contributed by atoms with van der Waals surface area (Å²) in [6.45, 7) is 4.79. The van der Waals surface area contributed by atoms with Crippen LogP contribution in [0.25, 0.3) is 0 Å². The van der Waals surface area contributed by atoms with Gasteiger partial charge in [0.15, 0.2) is 0 Å². The minimum atomic E-state index is -0.153. The van der Waals surface area contributed by atoms with E-state index in [1.807, 2.05) is 18.2 Å². The van der Waals surface area contributed by atoms with Crippen LogP contribution in [0.3, 0.4) is 0 Å². The van der Waals surface area contributed by atoms with Crippen LogP contribution in [-0.2, 0) is 17.8 Å². The Labute approximate surface area is 169 Å². The maximum Gasteiger partial charge on any atom is 0.255 e. The van der Waals surface area contributed by atoms with Gasteiger partial charge in [0.1, 0.15) is 0 Å². The van der Waals surface area contributed by atoms with Crippen LogP contribution in [-0.4, -0.2) is 70.1 Å². The van der Waals surface area contributed by atoms with Gasteiger partial charge >= 0.3 is 0 Å². The summed E-state index contributed by atoms with van der Waals surface area (Å²) in [4.78, 5) is 46.7. The zero-order valence-electron chi connectivity index (χ0n) is 16.5. The number of pyridine rings is 1. The first kappa shape index (κ1) is 19.1. The number of rotatable bonds is 2. The van der Waals surface area contributed by atoms with Gasteiger partial charge in [0.2, 0.25) is 5.91 Å². The Balaban J connectivity index is 1.45. The highest BCUT2D eigenvalue weighted by atomic mass is 16.2. The van der Waals surface area contributed by atoms with Gasteiger partial charge in [0.05, 0.1) is 11.1 Å². The second kappa shape index (κ2) is 8.03. The maximum absolute atomic E-state index is 13.0. The van der Waals surface area contributed by atoms with Crippen molar-refractivity contribution in [3.05, 3.63) is 65.0 Å². The third kappa shape index (κ3) is 3.99. The molecule has 29 heavy (non-hydrogen) atoms. The fourth-order valence-corrected chi connectivity index (χ4v) is 3.93. The van der Waals surface area contributed by atoms with Crippen molar-refractivity contribution in [1.29, 1.82) is 0 Å². The monoisotopic (exact) mass is 392 g/mol. The Morgan fingerprint density at radius 1 is 0.793 bits per heavy atom. The molecule has 2 aliphatic rings. The molecule has 1 aromatic heterocycles. The van der Waals surface area contributed by atoms with Crippen molar-refractivity contribution in [2.24, 2.45) is 0 Å². The second-order valence-corrected chi connectivity index (χ2v) is 7.51. The van der Waals surface area contributed by atoms with E-state index in [0.29, 0.717) is 50.4 Å². The Kier molecular flexibility index (Phi) is 5.29. The van der Waals surface area contributed by atoms with E-state index in [9.17, 15) is 14.4 Å². The molecule has 3 amide bonds. The smallest absolute Gasteiger partial charge is 0.255 e. The number of piperazine rings is 1. The van der Waals surface area contributed by atoms with Gasteiger partial charge in [-0.15, -0.1) is 0 Å². The predicted molar refractivity (Wildman–Crippen MR) is 107 cm³/mol. The number of fused-ring (bicyclic) bond motifs is 1. The molecule has 0 spiro atoms. The molecule has 7 heteroatoms. The van der Waals surface area contributed by atoms with Gasteiger partial charge in [-0.05, 0) is 23.6 Å². The molecule has 7 nitrogen and oxygen atoms in total. The average molecular weight is 392 g/mol. The molecule has 0 saturated carbocycles. The van der Waals surface area contributed by atoms with Crippen molar-refractivity contribution in [3.63, 3.8) is 0 Å². The fraction of sp³-hybridized carbons (Fsp3) is 0.364. The second-order valence-electron chi connectivity index (χ2n) is 7.51. The number of amides is 3. The van der Waals surface area contributed by atoms with Crippen molar-refractivity contribution in [2.75, 3.05) is 32.7 Å². The van der Waals surface area contributed by atoms with Crippen LogP contribution >= 0.6 is 0 Å². The topological polar surface area (TPSA) is 73.8 Å². The van der Waals surface area contributed by atoms with Crippen LogP contribution in [0.1, 0.15) is 38.8 Å². The zero-order chi connectivity index (χ0) is 20.4. The lowest BCUT2D eigenvalue weighted by atomic mass is 9.99. The van der Waals surface area contributed by atoms with E-state index >= 15 is 0 Å². The molecule has 2 aliphatic heterocycles. The van der Waals surface area contributed by atoms with Crippen LogP contribution in [0.5, 0.6) is 0 Å². The predicted octanol–water partition coefficient (Wildman–Crippen LogP) is 1.58. The average Bonchev–Trinajstić information content (AvgIpc) is 2.78. The number of aromatic nitrogens is 1. The molecule has 1 saturated heterocycles. The highest BCUT2D eigenvalue weighted by molar-refractivity contribution is 5.99.